The second-order valence-electron chi connectivity index (χ2n) is 19.1. The first-order valence-electron chi connectivity index (χ1n) is 22.7. The number of piperazine rings is 1. The van der Waals surface area contributed by atoms with Gasteiger partial charge in [0.1, 0.15) is 11.3 Å². The molecule has 5 fully saturated rings. The summed E-state index contributed by atoms with van der Waals surface area (Å²) in [6.45, 7) is 8.70. The summed E-state index contributed by atoms with van der Waals surface area (Å²) in [5, 5.41) is 15.3. The normalized spacial score (nSPS) is 31.1. The number of aliphatic hydroxyl groups excluding tert-OH is 1. The lowest BCUT2D eigenvalue weighted by atomic mass is 9.46. The number of allylic oxidation sites excluding steroid dienone is 4. The number of aromatic nitrogens is 1. The molecule has 0 amide bonds. The van der Waals surface area contributed by atoms with Gasteiger partial charge in [-0.3, -0.25) is 24.0 Å². The second-order valence-corrected chi connectivity index (χ2v) is 19.1. The molecule has 1 saturated heterocycles. The molecule has 1 aromatic heterocycles. The minimum atomic E-state index is -1.62. The van der Waals surface area contributed by atoms with Crippen molar-refractivity contribution in [2.75, 3.05) is 44.9 Å². The van der Waals surface area contributed by atoms with Crippen molar-refractivity contribution in [2.45, 2.75) is 122 Å². The van der Waals surface area contributed by atoms with Crippen LogP contribution in [0.2, 0.25) is 0 Å². The molecule has 2 heterocycles. The monoisotopic (exact) mass is 873 g/mol. The van der Waals surface area contributed by atoms with E-state index < -0.39 is 64.1 Å². The lowest BCUT2D eigenvalue weighted by Crippen LogP contribution is -2.63. The number of nitrogens with zero attached hydrogens (tertiary/aromatic N) is 2. The quantitative estimate of drug-likeness (QED) is 0.134. The Morgan fingerprint density at radius 3 is 2.54 bits per heavy atom. The van der Waals surface area contributed by atoms with Crippen LogP contribution in [0.15, 0.2) is 40.9 Å². The number of fused-ring (bicyclic) bond motifs is 6. The number of carbonyl (C=O) groups excluding carboxylic acids is 5. The van der Waals surface area contributed by atoms with Crippen molar-refractivity contribution in [3.8, 4) is 5.75 Å². The Morgan fingerprint density at radius 2 is 1.83 bits per heavy atom. The van der Waals surface area contributed by atoms with Crippen LogP contribution in [-0.4, -0.2) is 96.9 Å². The van der Waals surface area contributed by atoms with Gasteiger partial charge in [0.2, 0.25) is 11.2 Å². The molecule has 5 aliphatic carbocycles. The average molecular weight is 874 g/mol. The molecule has 8 rings (SSSR count). The van der Waals surface area contributed by atoms with Gasteiger partial charge in [-0.25, -0.2) is 9.18 Å². The Labute approximate surface area is 366 Å². The number of benzene rings is 1. The zero-order valence-electron chi connectivity index (χ0n) is 37.0. The van der Waals surface area contributed by atoms with E-state index in [1.54, 1.807) is 16.7 Å². The smallest absolute Gasteiger partial charge is 0.343 e. The predicted molar refractivity (Wildman–Crippen MR) is 230 cm³/mol. The van der Waals surface area contributed by atoms with Crippen molar-refractivity contribution in [2.24, 2.45) is 28.6 Å². The topological polar surface area (TPSA) is 180 Å². The van der Waals surface area contributed by atoms with Crippen LogP contribution in [0.25, 0.3) is 10.9 Å². The molecular weight excluding hydrogens is 814 g/mol. The van der Waals surface area contributed by atoms with Crippen LogP contribution in [0.3, 0.4) is 0 Å². The molecule has 63 heavy (non-hydrogen) atoms. The van der Waals surface area contributed by atoms with Gasteiger partial charge in [0.05, 0.1) is 30.7 Å². The van der Waals surface area contributed by atoms with E-state index in [0.717, 1.165) is 24.8 Å². The minimum absolute atomic E-state index is 0.00184. The number of esters is 3. The molecule has 4 saturated carbocycles. The first-order chi connectivity index (χ1) is 30.1. The van der Waals surface area contributed by atoms with Gasteiger partial charge in [0.25, 0.3) is 0 Å². The van der Waals surface area contributed by atoms with Gasteiger partial charge in [-0.05, 0) is 94.8 Å². The summed E-state index contributed by atoms with van der Waals surface area (Å²) in [4.78, 5) is 82.1. The maximum atomic E-state index is 15.9. The highest BCUT2D eigenvalue weighted by molar-refractivity contribution is 6.01. The van der Waals surface area contributed by atoms with Crippen molar-refractivity contribution in [1.82, 2.24) is 9.88 Å². The number of ether oxygens (including phenoxy) is 4. The van der Waals surface area contributed by atoms with Crippen molar-refractivity contribution in [3.63, 3.8) is 0 Å². The Bertz CT molecular complexity index is 2340. The van der Waals surface area contributed by atoms with Crippen LogP contribution >= 0.6 is 0 Å². The van der Waals surface area contributed by atoms with E-state index in [9.17, 15) is 33.9 Å². The number of halogens is 1. The van der Waals surface area contributed by atoms with Crippen LogP contribution in [0.1, 0.15) is 115 Å². The summed E-state index contributed by atoms with van der Waals surface area (Å²) < 4.78 is 40.6. The fourth-order valence-corrected chi connectivity index (χ4v) is 12.1. The van der Waals surface area contributed by atoms with Crippen LogP contribution in [0.5, 0.6) is 5.75 Å². The second kappa shape index (κ2) is 17.2. The van der Waals surface area contributed by atoms with Gasteiger partial charge in [-0.1, -0.05) is 32.4 Å². The van der Waals surface area contributed by atoms with Gasteiger partial charge in [-0.15, -0.1) is 0 Å². The fourth-order valence-electron chi connectivity index (χ4n) is 12.1. The molecule has 340 valence electrons. The summed E-state index contributed by atoms with van der Waals surface area (Å²) in [7, 11) is 1.44. The minimum Gasteiger partial charge on any atom is -0.492 e. The SMILES string of the molecule is CCCC(=O)O[C@@]1(C(=O)COC(=O)CCCOC(=O)c2cn(C3CC3)c3c(OC)c(N4CCNC(C)C4)c(F)cc3c2=O)CC[C@@H]2[C@H]3CCC4=CC(=O)C=C[C@@]4(C)C3[C@H](O)C[C@]21C. The summed E-state index contributed by atoms with van der Waals surface area (Å²) in [5.74, 6) is -3.42. The highest BCUT2D eigenvalue weighted by Gasteiger charge is 2.70. The first-order valence-corrected chi connectivity index (χ1v) is 22.7. The molecule has 14 nitrogen and oxygen atoms in total. The lowest BCUT2D eigenvalue weighted by Gasteiger charge is -2.59. The van der Waals surface area contributed by atoms with Crippen molar-refractivity contribution in [3.05, 3.63) is 57.7 Å². The number of anilines is 1. The molecular formula is C48H60FN3O11. The largest absolute Gasteiger partial charge is 0.492 e. The third kappa shape index (κ3) is 7.80. The van der Waals surface area contributed by atoms with E-state index in [1.807, 2.05) is 31.7 Å². The van der Waals surface area contributed by atoms with Crippen molar-refractivity contribution in [1.29, 1.82) is 0 Å². The molecule has 2 unspecified atom stereocenters. The molecule has 8 atom stereocenters. The summed E-state index contributed by atoms with van der Waals surface area (Å²) >= 11 is 0. The van der Waals surface area contributed by atoms with E-state index in [-0.39, 0.29) is 96.7 Å². The zero-order chi connectivity index (χ0) is 45.0. The van der Waals surface area contributed by atoms with Crippen LogP contribution < -0.4 is 20.4 Å². The van der Waals surface area contributed by atoms with E-state index in [0.29, 0.717) is 44.4 Å². The third-order valence-electron chi connectivity index (χ3n) is 15.2. The summed E-state index contributed by atoms with van der Waals surface area (Å²) in [6.07, 6.45) is 10.2. The highest BCUT2D eigenvalue weighted by Crippen LogP contribution is 2.68. The number of methoxy groups -OCH3 is 1. The number of Topliss-reactive ketones (excluding diaryl/α,β-unsaturated/α-hetero) is 1. The Balaban J connectivity index is 0.925. The Morgan fingerprint density at radius 1 is 1.05 bits per heavy atom. The van der Waals surface area contributed by atoms with Gasteiger partial charge in [0, 0.05) is 67.5 Å². The van der Waals surface area contributed by atoms with Gasteiger partial charge < -0.3 is 38.8 Å². The fraction of sp³-hybridized carbons (Fsp3) is 0.625. The first kappa shape index (κ1) is 44.7. The molecule has 2 N–H and O–H groups in total. The van der Waals surface area contributed by atoms with Gasteiger partial charge in [0.15, 0.2) is 29.6 Å². The number of nitrogens with one attached hydrogen (secondary N) is 1. The number of rotatable bonds is 14. The van der Waals surface area contributed by atoms with E-state index in [1.165, 1.54) is 19.4 Å². The van der Waals surface area contributed by atoms with Crippen LogP contribution in [0, 0.1) is 34.4 Å². The molecule has 1 aliphatic heterocycles. The number of carbonyl (C=O) groups is 5. The molecule has 0 radical (unpaired) electrons. The van der Waals surface area contributed by atoms with E-state index >= 15 is 4.39 Å². The zero-order valence-corrected chi connectivity index (χ0v) is 37.0. The maximum absolute atomic E-state index is 15.9. The summed E-state index contributed by atoms with van der Waals surface area (Å²) in [5.41, 5.74) is -2.32. The standard InChI is InChI=1S/C48H60FN3O11/c1-6-8-39(57)63-48(17-15-34-31-13-10-28-21-30(53)14-16-46(28,3)40(31)36(54)23-47(34,48)4)37(55)26-62-38(56)9-7-20-61-45(59)33-25-52(29-11-12-29)41-32(43(33)58)22-35(49)42(44(41)60-5)51-19-18-50-27(2)24-51/h14,16,21-22,25,27,29,31,34,36,40,50,54H,6-13,15,17-20,23-24,26H2,1-5H3/t27?,31-,34-,36-,40?,46-,47-,48-/m1/s1. The molecule has 6 aliphatic rings. The number of aliphatic hydroxyl groups is 1. The van der Waals surface area contributed by atoms with Crippen molar-refractivity contribution < 1.29 is 52.4 Å². The Kier molecular flexibility index (Phi) is 12.2. The average Bonchev–Trinajstić information content (AvgIpc) is 4.05. The molecule has 15 heteroatoms. The lowest BCUT2D eigenvalue weighted by molar-refractivity contribution is -0.201. The predicted octanol–water partition coefficient (Wildman–Crippen LogP) is 5.69. The number of ketones is 2. The number of hydrogen-bond acceptors (Lipinski definition) is 13. The van der Waals surface area contributed by atoms with Gasteiger partial charge >= 0.3 is 17.9 Å². The van der Waals surface area contributed by atoms with E-state index in [2.05, 4.69) is 12.2 Å². The highest BCUT2D eigenvalue weighted by atomic mass is 19.1. The van der Waals surface area contributed by atoms with Gasteiger partial charge in [-0.2, -0.15) is 0 Å². The van der Waals surface area contributed by atoms with Crippen molar-refractivity contribution >= 4 is 46.1 Å². The molecule has 0 bridgehead atoms. The van der Waals surface area contributed by atoms with E-state index in [4.69, 9.17) is 18.9 Å². The molecule has 2 aromatic rings. The number of pyridine rings is 1. The van der Waals surface area contributed by atoms with Crippen LogP contribution in [0.4, 0.5) is 10.1 Å². The molecule has 0 spiro atoms. The Hall–Kier alpha value is -4.89. The maximum Gasteiger partial charge on any atom is 0.343 e. The van der Waals surface area contributed by atoms with Crippen LogP contribution in [-0.2, 0) is 33.4 Å². The molecule has 1 aromatic carbocycles. The third-order valence-corrected chi connectivity index (χ3v) is 15.2. The number of hydrogen-bond donors (Lipinski definition) is 2. The summed E-state index contributed by atoms with van der Waals surface area (Å²) in [6, 6.07) is 1.28.